The Labute approximate surface area is 205 Å². The molecule has 0 aliphatic heterocycles. The summed E-state index contributed by atoms with van der Waals surface area (Å²) in [5, 5.41) is 6.01. The first-order chi connectivity index (χ1) is 13.7. The van der Waals surface area contributed by atoms with Crippen molar-refractivity contribution in [1.82, 2.24) is 15.5 Å². The molecule has 178 valence electrons. The first-order valence-corrected chi connectivity index (χ1v) is 11.9. The van der Waals surface area contributed by atoms with Crippen LogP contribution in [0.3, 0.4) is 0 Å². The van der Waals surface area contributed by atoms with E-state index in [1.54, 1.807) is 24.1 Å². The first-order valence-electron chi connectivity index (χ1n) is 10.3. The highest BCUT2D eigenvalue weighted by Gasteiger charge is 2.19. The van der Waals surface area contributed by atoms with Crippen molar-refractivity contribution in [1.29, 1.82) is 0 Å². The van der Waals surface area contributed by atoms with Gasteiger partial charge < -0.3 is 15.5 Å². The fourth-order valence-corrected chi connectivity index (χ4v) is 3.89. The van der Waals surface area contributed by atoms with Crippen LogP contribution in [0.2, 0.25) is 0 Å². The number of aliphatic imine (C=N–C) groups is 1. The number of nitrogens with one attached hydrogen (secondary N) is 2. The normalized spacial score (nSPS) is 12.7. The minimum Gasteiger partial charge on any atom is -0.357 e. The van der Waals surface area contributed by atoms with Crippen molar-refractivity contribution in [3.05, 3.63) is 29.8 Å². The molecule has 0 aliphatic rings. The van der Waals surface area contributed by atoms with Gasteiger partial charge in [0.25, 0.3) is 0 Å². The molecule has 9 heteroatoms. The summed E-state index contributed by atoms with van der Waals surface area (Å²) in [6.45, 7) is 14.8. The lowest BCUT2D eigenvalue weighted by molar-refractivity contribution is -0.122. The average Bonchev–Trinajstić information content (AvgIpc) is 2.58. The van der Waals surface area contributed by atoms with Gasteiger partial charge >= 0.3 is 0 Å². The fraction of sp³-hybridized carbons (Fsp3) is 0.636. The lowest BCUT2D eigenvalue weighted by Gasteiger charge is -2.25. The van der Waals surface area contributed by atoms with Gasteiger partial charge in [0, 0.05) is 19.1 Å². The Morgan fingerprint density at radius 1 is 1.06 bits per heavy atom. The molecule has 0 radical (unpaired) electrons. The van der Waals surface area contributed by atoms with Crippen LogP contribution < -0.4 is 10.6 Å². The van der Waals surface area contributed by atoms with E-state index >= 15 is 0 Å². The number of sulfone groups is 1. The second-order valence-corrected chi connectivity index (χ2v) is 11.6. The maximum absolute atomic E-state index is 12.7. The average molecular weight is 567 g/mol. The number of nitrogens with zero attached hydrogens (tertiary/aromatic N) is 2. The predicted octanol–water partition coefficient (Wildman–Crippen LogP) is 3.19. The molecule has 0 unspecified atom stereocenters. The van der Waals surface area contributed by atoms with Crippen molar-refractivity contribution in [3.8, 4) is 0 Å². The number of halogens is 1. The number of amides is 1. The molecule has 1 aromatic rings. The van der Waals surface area contributed by atoms with Gasteiger partial charge in [0.05, 0.1) is 23.7 Å². The fourth-order valence-electron chi connectivity index (χ4n) is 2.77. The van der Waals surface area contributed by atoms with E-state index in [0.29, 0.717) is 17.4 Å². The molecular formula is C22H39IN4O3S. The summed E-state index contributed by atoms with van der Waals surface area (Å²) in [4.78, 5) is 18.6. The van der Waals surface area contributed by atoms with Crippen LogP contribution in [0.15, 0.2) is 34.2 Å². The smallest absolute Gasteiger partial charge is 0.240 e. The van der Waals surface area contributed by atoms with E-state index in [-0.39, 0.29) is 59.7 Å². The summed E-state index contributed by atoms with van der Waals surface area (Å²) in [7, 11) is -1.69. The van der Waals surface area contributed by atoms with Gasteiger partial charge in [0.15, 0.2) is 15.8 Å². The van der Waals surface area contributed by atoms with Crippen molar-refractivity contribution >= 4 is 45.7 Å². The largest absolute Gasteiger partial charge is 0.357 e. The Kier molecular flexibility index (Phi) is 11.5. The number of likely N-dealkylation sites (N-methyl/N-ethyl adjacent to an activating group) is 1. The van der Waals surface area contributed by atoms with Crippen LogP contribution >= 0.6 is 24.0 Å². The van der Waals surface area contributed by atoms with Crippen LogP contribution in [0.1, 0.15) is 54.0 Å². The Morgan fingerprint density at radius 3 is 2.06 bits per heavy atom. The van der Waals surface area contributed by atoms with Gasteiger partial charge in [-0.3, -0.25) is 9.79 Å². The Balaban J connectivity index is 0.00000900. The number of benzene rings is 1. The third kappa shape index (κ3) is 10.7. The van der Waals surface area contributed by atoms with Crippen LogP contribution in [0.4, 0.5) is 0 Å². The van der Waals surface area contributed by atoms with Crippen molar-refractivity contribution in [2.45, 2.75) is 64.3 Å². The summed E-state index contributed by atoms with van der Waals surface area (Å²) in [5.74, 6) is 0.278. The lowest BCUT2D eigenvalue weighted by Crippen LogP contribution is -2.48. The molecular weight excluding hydrogens is 527 g/mol. The van der Waals surface area contributed by atoms with Gasteiger partial charge in [-0.25, -0.2) is 8.42 Å². The molecule has 0 bridgehead atoms. The maximum Gasteiger partial charge on any atom is 0.240 e. The lowest BCUT2D eigenvalue weighted by atomic mass is 9.87. The topological polar surface area (TPSA) is 90.9 Å². The van der Waals surface area contributed by atoms with Crippen molar-refractivity contribution in [3.63, 3.8) is 0 Å². The molecule has 1 aromatic carbocycles. The standard InChI is InChI=1S/C22H38N4O3S.HI/c1-9-23-20(26(8)16-19(27)25-22(5,6)7)24-14-15-30(28,29)18-12-10-17(11-13-18)21(2,3)4;/h10-13H,9,14-16H2,1-8H3,(H,23,24)(H,25,27);1H. The van der Waals surface area contributed by atoms with Crippen LogP contribution in [0, 0.1) is 0 Å². The third-order valence-electron chi connectivity index (χ3n) is 4.29. The van der Waals surface area contributed by atoms with E-state index in [1.165, 1.54) is 0 Å². The molecule has 7 nitrogen and oxygen atoms in total. The molecule has 0 saturated carbocycles. The summed E-state index contributed by atoms with van der Waals surface area (Å²) in [5.41, 5.74) is 0.741. The molecule has 31 heavy (non-hydrogen) atoms. The van der Waals surface area contributed by atoms with Gasteiger partial charge in [-0.1, -0.05) is 32.9 Å². The van der Waals surface area contributed by atoms with Crippen LogP contribution in [-0.2, 0) is 20.0 Å². The monoisotopic (exact) mass is 566 g/mol. The van der Waals surface area contributed by atoms with E-state index in [4.69, 9.17) is 0 Å². The van der Waals surface area contributed by atoms with Crippen LogP contribution in [-0.4, -0.2) is 63.2 Å². The van der Waals surface area contributed by atoms with Crippen LogP contribution in [0.5, 0.6) is 0 Å². The molecule has 1 amide bonds. The number of carbonyl (C=O) groups is 1. The molecule has 0 fully saturated rings. The zero-order valence-corrected chi connectivity index (χ0v) is 23.2. The second kappa shape index (κ2) is 12.0. The zero-order valence-electron chi connectivity index (χ0n) is 20.1. The van der Waals surface area contributed by atoms with E-state index in [9.17, 15) is 13.2 Å². The van der Waals surface area contributed by atoms with E-state index in [1.807, 2.05) is 39.8 Å². The van der Waals surface area contributed by atoms with Gasteiger partial charge in [0.2, 0.25) is 5.91 Å². The Morgan fingerprint density at radius 2 is 1.61 bits per heavy atom. The van der Waals surface area contributed by atoms with Crippen molar-refractivity contribution < 1.29 is 13.2 Å². The molecule has 0 heterocycles. The minimum absolute atomic E-state index is 0. The molecule has 2 N–H and O–H groups in total. The van der Waals surface area contributed by atoms with E-state index in [0.717, 1.165) is 5.56 Å². The summed E-state index contributed by atoms with van der Waals surface area (Å²) >= 11 is 0. The highest BCUT2D eigenvalue weighted by atomic mass is 127. The minimum atomic E-state index is -3.44. The maximum atomic E-state index is 12.7. The number of hydrogen-bond acceptors (Lipinski definition) is 4. The highest BCUT2D eigenvalue weighted by molar-refractivity contribution is 14.0. The molecule has 0 aromatic heterocycles. The SMILES string of the molecule is CCNC(=NCCS(=O)(=O)c1ccc(C(C)(C)C)cc1)N(C)CC(=O)NC(C)(C)C.I. The van der Waals surface area contributed by atoms with Crippen LogP contribution in [0.25, 0.3) is 0 Å². The number of guanidine groups is 1. The summed E-state index contributed by atoms with van der Waals surface area (Å²) in [6.07, 6.45) is 0. The highest BCUT2D eigenvalue weighted by Crippen LogP contribution is 2.23. The predicted molar refractivity (Wildman–Crippen MR) is 139 cm³/mol. The van der Waals surface area contributed by atoms with Gasteiger partial charge in [-0.2, -0.15) is 0 Å². The van der Waals surface area contributed by atoms with Gasteiger partial charge in [-0.05, 0) is 50.8 Å². The number of hydrogen-bond donors (Lipinski definition) is 2. The molecule has 1 rings (SSSR count). The second-order valence-electron chi connectivity index (χ2n) is 9.48. The summed E-state index contributed by atoms with van der Waals surface area (Å²) in [6, 6.07) is 7.05. The molecule has 0 atom stereocenters. The van der Waals surface area contributed by atoms with Gasteiger partial charge in [-0.15, -0.1) is 24.0 Å². The van der Waals surface area contributed by atoms with Crippen molar-refractivity contribution in [2.75, 3.05) is 32.4 Å². The van der Waals surface area contributed by atoms with Crippen molar-refractivity contribution in [2.24, 2.45) is 4.99 Å². The zero-order chi connectivity index (χ0) is 23.2. The van der Waals surface area contributed by atoms with E-state index in [2.05, 4.69) is 36.4 Å². The molecule has 0 spiro atoms. The number of rotatable bonds is 7. The number of carbonyl (C=O) groups excluding carboxylic acids is 1. The Hall–Kier alpha value is -1.36. The van der Waals surface area contributed by atoms with E-state index < -0.39 is 9.84 Å². The first kappa shape index (κ1) is 29.6. The molecule has 0 aliphatic carbocycles. The summed E-state index contributed by atoms with van der Waals surface area (Å²) < 4.78 is 25.3. The molecule has 0 saturated heterocycles. The van der Waals surface area contributed by atoms with Gasteiger partial charge in [0.1, 0.15) is 0 Å². The third-order valence-corrected chi connectivity index (χ3v) is 6.00. The Bertz CT molecular complexity index is 839. The quantitative estimate of drug-likeness (QED) is 0.301.